The van der Waals surface area contributed by atoms with Crippen molar-refractivity contribution in [3.8, 4) is 5.75 Å². The molecule has 0 fully saturated rings. The Morgan fingerprint density at radius 3 is 2.57 bits per heavy atom. The van der Waals surface area contributed by atoms with Crippen LogP contribution in [-0.4, -0.2) is 31.6 Å². The highest BCUT2D eigenvalue weighted by atomic mass is 35.5. The van der Waals surface area contributed by atoms with Gasteiger partial charge in [-0.05, 0) is 18.1 Å². The molecule has 1 N–H and O–H groups in total. The van der Waals surface area contributed by atoms with Crippen molar-refractivity contribution in [1.29, 1.82) is 0 Å². The monoisotopic (exact) mass is 313 g/mol. The maximum absolute atomic E-state index is 11.9. The number of ether oxygens (including phenoxy) is 2. The number of halogens is 1. The summed E-state index contributed by atoms with van der Waals surface area (Å²) >= 11 is 5.93. The van der Waals surface area contributed by atoms with E-state index in [4.69, 9.17) is 21.1 Å². The van der Waals surface area contributed by atoms with Gasteiger partial charge in [-0.2, -0.15) is 0 Å². The maximum Gasteiger partial charge on any atom is 0.328 e. The number of carbonyl (C=O) groups is 2. The average molecular weight is 314 g/mol. The quantitative estimate of drug-likeness (QED) is 0.785. The third-order valence-corrected chi connectivity index (χ3v) is 3.49. The molecule has 0 radical (unpaired) electrons. The number of methoxy groups -OCH3 is 1. The van der Waals surface area contributed by atoms with Crippen LogP contribution in [0.15, 0.2) is 24.3 Å². The molecule has 1 rings (SSSR count). The van der Waals surface area contributed by atoms with E-state index in [1.807, 2.05) is 13.8 Å². The summed E-state index contributed by atoms with van der Waals surface area (Å²) in [6, 6.07) is 6.19. The minimum absolute atomic E-state index is 0.0262. The fourth-order valence-electron chi connectivity index (χ4n) is 1.72. The van der Waals surface area contributed by atoms with Gasteiger partial charge in [-0.3, -0.25) is 4.79 Å². The van der Waals surface area contributed by atoms with Crippen molar-refractivity contribution in [2.45, 2.75) is 26.3 Å². The van der Waals surface area contributed by atoms with Crippen molar-refractivity contribution in [3.63, 3.8) is 0 Å². The first-order valence-electron chi connectivity index (χ1n) is 6.74. The maximum atomic E-state index is 11.9. The number of hydrogen-bond acceptors (Lipinski definition) is 4. The van der Waals surface area contributed by atoms with E-state index in [0.717, 1.165) is 6.42 Å². The van der Waals surface area contributed by atoms with Crippen LogP contribution in [0.5, 0.6) is 5.75 Å². The van der Waals surface area contributed by atoms with Gasteiger partial charge < -0.3 is 14.8 Å². The first-order valence-corrected chi connectivity index (χ1v) is 7.11. The Morgan fingerprint density at radius 2 is 2.00 bits per heavy atom. The summed E-state index contributed by atoms with van der Waals surface area (Å²) < 4.78 is 10.0. The molecule has 0 aliphatic rings. The summed E-state index contributed by atoms with van der Waals surface area (Å²) in [7, 11) is 1.30. The molecule has 0 spiro atoms. The predicted molar refractivity (Wildman–Crippen MR) is 80.3 cm³/mol. The van der Waals surface area contributed by atoms with Crippen molar-refractivity contribution >= 4 is 23.5 Å². The molecule has 0 aliphatic carbocycles. The summed E-state index contributed by atoms with van der Waals surface area (Å²) in [5, 5.41) is 3.05. The third-order valence-electron chi connectivity index (χ3n) is 3.18. The van der Waals surface area contributed by atoms with Crippen LogP contribution in [0.4, 0.5) is 0 Å². The van der Waals surface area contributed by atoms with E-state index in [2.05, 4.69) is 5.32 Å². The zero-order chi connectivity index (χ0) is 15.8. The molecule has 5 nitrogen and oxygen atoms in total. The van der Waals surface area contributed by atoms with E-state index in [9.17, 15) is 9.59 Å². The van der Waals surface area contributed by atoms with Crippen LogP contribution in [0.1, 0.15) is 20.3 Å². The minimum atomic E-state index is -0.678. The molecular formula is C15H20ClNO4. The molecule has 1 aromatic carbocycles. The second kappa shape index (κ2) is 8.52. The zero-order valence-corrected chi connectivity index (χ0v) is 13.1. The normalized spacial score (nSPS) is 13.1. The van der Waals surface area contributed by atoms with Crippen LogP contribution in [0.2, 0.25) is 5.02 Å². The Hall–Kier alpha value is -1.75. The van der Waals surface area contributed by atoms with Crippen LogP contribution in [0.3, 0.4) is 0 Å². The highest BCUT2D eigenvalue weighted by Gasteiger charge is 2.26. The summed E-state index contributed by atoms with van der Waals surface area (Å²) in [5.41, 5.74) is 0. The van der Waals surface area contributed by atoms with Crippen molar-refractivity contribution < 1.29 is 19.1 Å². The fourth-order valence-corrected chi connectivity index (χ4v) is 1.91. The molecule has 6 heteroatoms. The first kappa shape index (κ1) is 17.3. The molecule has 1 amide bonds. The van der Waals surface area contributed by atoms with Crippen LogP contribution < -0.4 is 10.1 Å². The SMILES string of the molecule is CC[C@H](C)[C@@H](NC(=O)COc1ccccc1Cl)C(=O)OC. The lowest BCUT2D eigenvalue weighted by molar-refractivity contribution is -0.146. The Kier molecular flexibility index (Phi) is 7.02. The van der Waals surface area contributed by atoms with Gasteiger partial charge in [-0.25, -0.2) is 4.79 Å². The molecule has 2 atom stereocenters. The molecule has 0 bridgehead atoms. The van der Waals surface area contributed by atoms with E-state index in [-0.39, 0.29) is 12.5 Å². The van der Waals surface area contributed by atoms with Gasteiger partial charge in [0, 0.05) is 0 Å². The lowest BCUT2D eigenvalue weighted by Gasteiger charge is -2.21. The van der Waals surface area contributed by atoms with Crippen LogP contribution in [0, 0.1) is 5.92 Å². The van der Waals surface area contributed by atoms with Gasteiger partial charge in [0.05, 0.1) is 12.1 Å². The standard InChI is InChI=1S/C15H20ClNO4/c1-4-10(2)14(15(19)20-3)17-13(18)9-21-12-8-6-5-7-11(12)16/h5-8,10,14H,4,9H2,1-3H3,(H,17,18)/t10-,14+/m0/s1. The number of hydrogen-bond donors (Lipinski definition) is 1. The van der Waals surface area contributed by atoms with Crippen molar-refractivity contribution in [2.24, 2.45) is 5.92 Å². The Labute approximate surface area is 129 Å². The number of rotatable bonds is 7. The average Bonchev–Trinajstić information content (AvgIpc) is 2.50. The van der Waals surface area contributed by atoms with Crippen LogP contribution in [-0.2, 0) is 14.3 Å². The van der Waals surface area contributed by atoms with Crippen LogP contribution in [0.25, 0.3) is 0 Å². The smallest absolute Gasteiger partial charge is 0.328 e. The van der Waals surface area contributed by atoms with E-state index in [1.54, 1.807) is 24.3 Å². The second-order valence-electron chi connectivity index (χ2n) is 4.67. The van der Waals surface area contributed by atoms with Gasteiger partial charge in [0.2, 0.25) is 0 Å². The van der Waals surface area contributed by atoms with Gasteiger partial charge >= 0.3 is 5.97 Å². The van der Waals surface area contributed by atoms with Gasteiger partial charge in [-0.15, -0.1) is 0 Å². The second-order valence-corrected chi connectivity index (χ2v) is 5.08. The van der Waals surface area contributed by atoms with Crippen molar-refractivity contribution in [3.05, 3.63) is 29.3 Å². The number of carbonyl (C=O) groups excluding carboxylic acids is 2. The molecule has 0 saturated heterocycles. The fraction of sp³-hybridized carbons (Fsp3) is 0.467. The molecule has 0 unspecified atom stereocenters. The molecule has 21 heavy (non-hydrogen) atoms. The predicted octanol–water partition coefficient (Wildman–Crippen LogP) is 2.42. The van der Waals surface area contributed by atoms with E-state index in [1.165, 1.54) is 7.11 Å². The summed E-state index contributed by atoms with van der Waals surface area (Å²) in [6.07, 6.45) is 0.741. The molecule has 0 aromatic heterocycles. The summed E-state index contributed by atoms with van der Waals surface area (Å²) in [5.74, 6) is -0.463. The molecule has 0 heterocycles. The van der Waals surface area contributed by atoms with Gasteiger partial charge in [-0.1, -0.05) is 44.0 Å². The Balaban J connectivity index is 2.58. The van der Waals surface area contributed by atoms with Gasteiger partial charge in [0.15, 0.2) is 6.61 Å². The molecule has 0 saturated carbocycles. The lowest BCUT2D eigenvalue weighted by atomic mass is 9.99. The third kappa shape index (κ3) is 5.27. The molecular weight excluding hydrogens is 294 g/mol. The first-order chi connectivity index (χ1) is 9.99. The van der Waals surface area contributed by atoms with E-state index >= 15 is 0 Å². The van der Waals surface area contributed by atoms with Gasteiger partial charge in [0.1, 0.15) is 11.8 Å². The number of amides is 1. The Bertz CT molecular complexity index is 492. The zero-order valence-electron chi connectivity index (χ0n) is 12.4. The molecule has 0 aliphatic heterocycles. The molecule has 1 aromatic rings. The van der Waals surface area contributed by atoms with Crippen molar-refractivity contribution in [2.75, 3.05) is 13.7 Å². The summed E-state index contributed by atoms with van der Waals surface area (Å²) in [6.45, 7) is 3.59. The highest BCUT2D eigenvalue weighted by Crippen LogP contribution is 2.22. The van der Waals surface area contributed by atoms with E-state index in [0.29, 0.717) is 10.8 Å². The topological polar surface area (TPSA) is 64.6 Å². The van der Waals surface area contributed by atoms with Crippen LogP contribution >= 0.6 is 11.6 Å². The van der Waals surface area contributed by atoms with E-state index < -0.39 is 17.9 Å². The molecule has 116 valence electrons. The number of para-hydroxylation sites is 1. The van der Waals surface area contributed by atoms with Crippen molar-refractivity contribution in [1.82, 2.24) is 5.32 Å². The number of esters is 1. The summed E-state index contributed by atoms with van der Waals surface area (Å²) in [4.78, 5) is 23.6. The number of nitrogens with one attached hydrogen (secondary N) is 1. The lowest BCUT2D eigenvalue weighted by Crippen LogP contribution is -2.47. The number of benzene rings is 1. The highest BCUT2D eigenvalue weighted by molar-refractivity contribution is 6.32. The van der Waals surface area contributed by atoms with Gasteiger partial charge in [0.25, 0.3) is 5.91 Å². The minimum Gasteiger partial charge on any atom is -0.482 e. The Morgan fingerprint density at radius 1 is 1.33 bits per heavy atom. The largest absolute Gasteiger partial charge is 0.482 e.